The van der Waals surface area contributed by atoms with Crippen LogP contribution in [0.5, 0.6) is 0 Å². The molecule has 0 saturated carbocycles. The first-order valence-corrected chi connectivity index (χ1v) is 2.65. The van der Waals surface area contributed by atoms with Crippen molar-refractivity contribution in [3.63, 3.8) is 0 Å². The summed E-state index contributed by atoms with van der Waals surface area (Å²) in [7, 11) is 0. The predicted molar refractivity (Wildman–Crippen MR) is 33.6 cm³/mol. The van der Waals surface area contributed by atoms with Crippen LogP contribution in [0.1, 0.15) is 0 Å². The van der Waals surface area contributed by atoms with Crippen molar-refractivity contribution in [2.45, 2.75) is 0 Å². The predicted octanol–water partition coefficient (Wildman–Crippen LogP) is 1.46. The molecule has 0 saturated heterocycles. The summed E-state index contributed by atoms with van der Waals surface area (Å²) in [5, 5.41) is 0.197. The van der Waals surface area contributed by atoms with Crippen LogP contribution in [-0.2, 0) is 0 Å². The molecule has 0 fully saturated rings. The zero-order chi connectivity index (χ0) is 6.85. The molecule has 0 radical (unpaired) electrons. The van der Waals surface area contributed by atoms with Crippen LogP contribution in [0.25, 0.3) is 0 Å². The molecule has 1 aromatic heterocycles. The SMILES string of the molecule is Nc1c(Cl)ccnc1F. The Morgan fingerprint density at radius 3 is 2.78 bits per heavy atom. The average molecular weight is 147 g/mol. The number of halogens is 2. The molecule has 0 aliphatic carbocycles. The Labute approximate surface area is 56.5 Å². The summed E-state index contributed by atoms with van der Waals surface area (Å²) in [5.41, 5.74) is 5.01. The molecule has 0 unspecified atom stereocenters. The summed E-state index contributed by atoms with van der Waals surface area (Å²) in [6.07, 6.45) is 1.26. The van der Waals surface area contributed by atoms with E-state index in [0.717, 1.165) is 0 Å². The van der Waals surface area contributed by atoms with Crippen molar-refractivity contribution in [3.8, 4) is 0 Å². The number of nitrogens with zero attached hydrogens (tertiary/aromatic N) is 1. The van der Waals surface area contributed by atoms with Crippen molar-refractivity contribution < 1.29 is 4.39 Å². The molecule has 2 nitrogen and oxygen atoms in total. The van der Waals surface area contributed by atoms with Crippen molar-refractivity contribution in [2.24, 2.45) is 0 Å². The molecule has 0 spiro atoms. The summed E-state index contributed by atoms with van der Waals surface area (Å²) >= 11 is 5.41. The second-order valence-electron chi connectivity index (χ2n) is 1.50. The Morgan fingerprint density at radius 1 is 1.67 bits per heavy atom. The molecule has 0 aliphatic rings. The molecule has 0 atom stereocenters. The zero-order valence-corrected chi connectivity index (χ0v) is 5.19. The normalized spacial score (nSPS) is 9.56. The number of pyridine rings is 1. The fourth-order valence-corrected chi connectivity index (χ4v) is 0.560. The lowest BCUT2D eigenvalue weighted by Crippen LogP contribution is -1.93. The third kappa shape index (κ3) is 1.10. The molecule has 48 valence electrons. The minimum Gasteiger partial charge on any atom is -0.394 e. The number of aromatic nitrogens is 1. The van der Waals surface area contributed by atoms with Gasteiger partial charge >= 0.3 is 0 Å². The molecule has 1 rings (SSSR count). The molecule has 1 aromatic rings. The number of nitrogens with two attached hydrogens (primary N) is 1. The molecule has 0 amide bonds. The van der Waals surface area contributed by atoms with E-state index in [1.165, 1.54) is 12.3 Å². The molecule has 0 aliphatic heterocycles. The fraction of sp³-hybridized carbons (Fsp3) is 0. The fourth-order valence-electron chi connectivity index (χ4n) is 0.426. The highest BCUT2D eigenvalue weighted by Gasteiger charge is 2.00. The van der Waals surface area contributed by atoms with Gasteiger partial charge in [-0.15, -0.1) is 0 Å². The summed E-state index contributed by atoms with van der Waals surface area (Å²) in [4.78, 5) is 3.26. The van der Waals surface area contributed by atoms with Crippen LogP contribution in [0.15, 0.2) is 12.3 Å². The second kappa shape index (κ2) is 2.19. The minimum absolute atomic E-state index is 0.0980. The third-order valence-electron chi connectivity index (χ3n) is 0.888. The lowest BCUT2D eigenvalue weighted by atomic mass is 10.4. The first-order chi connectivity index (χ1) is 4.22. The van der Waals surface area contributed by atoms with E-state index in [9.17, 15) is 4.39 Å². The van der Waals surface area contributed by atoms with Gasteiger partial charge in [0, 0.05) is 6.20 Å². The number of rotatable bonds is 0. The van der Waals surface area contributed by atoms with Crippen LogP contribution in [0, 0.1) is 5.95 Å². The van der Waals surface area contributed by atoms with Gasteiger partial charge in [-0.2, -0.15) is 4.39 Å². The topological polar surface area (TPSA) is 38.9 Å². The van der Waals surface area contributed by atoms with E-state index >= 15 is 0 Å². The van der Waals surface area contributed by atoms with E-state index in [1.807, 2.05) is 0 Å². The maximum Gasteiger partial charge on any atom is 0.237 e. The summed E-state index contributed by atoms with van der Waals surface area (Å²) in [5.74, 6) is -0.720. The Kier molecular flexibility index (Phi) is 1.53. The van der Waals surface area contributed by atoms with Crippen molar-refractivity contribution in [3.05, 3.63) is 23.2 Å². The molecule has 9 heavy (non-hydrogen) atoms. The molecular weight excluding hydrogens is 143 g/mol. The summed E-state index contributed by atoms with van der Waals surface area (Å²) in [6, 6.07) is 1.43. The Morgan fingerprint density at radius 2 is 2.33 bits per heavy atom. The van der Waals surface area contributed by atoms with Crippen LogP contribution in [0.4, 0.5) is 10.1 Å². The van der Waals surface area contributed by atoms with Gasteiger partial charge in [-0.1, -0.05) is 11.6 Å². The molecule has 4 heteroatoms. The number of anilines is 1. The van der Waals surface area contributed by atoms with E-state index in [0.29, 0.717) is 0 Å². The van der Waals surface area contributed by atoms with Gasteiger partial charge in [0.2, 0.25) is 5.95 Å². The summed E-state index contributed by atoms with van der Waals surface area (Å²) in [6.45, 7) is 0. The average Bonchev–Trinajstić information content (AvgIpc) is 1.83. The van der Waals surface area contributed by atoms with Gasteiger partial charge in [0.05, 0.1) is 5.02 Å². The van der Waals surface area contributed by atoms with Gasteiger partial charge in [0.1, 0.15) is 5.69 Å². The first-order valence-electron chi connectivity index (χ1n) is 2.27. The van der Waals surface area contributed by atoms with E-state index < -0.39 is 5.95 Å². The maximum atomic E-state index is 12.3. The standard InChI is InChI=1S/C5H4ClFN2/c6-3-1-2-9-5(7)4(3)8/h1-2H,8H2. The van der Waals surface area contributed by atoms with Gasteiger partial charge in [0.15, 0.2) is 0 Å². The highest BCUT2D eigenvalue weighted by molar-refractivity contribution is 6.32. The highest BCUT2D eigenvalue weighted by Crippen LogP contribution is 2.17. The van der Waals surface area contributed by atoms with Crippen molar-refractivity contribution in [1.82, 2.24) is 4.98 Å². The van der Waals surface area contributed by atoms with Crippen molar-refractivity contribution >= 4 is 17.3 Å². The molecule has 0 bridgehead atoms. The Hall–Kier alpha value is -0.830. The first kappa shape index (κ1) is 6.29. The van der Waals surface area contributed by atoms with E-state index in [-0.39, 0.29) is 10.7 Å². The highest BCUT2D eigenvalue weighted by atomic mass is 35.5. The van der Waals surface area contributed by atoms with Gasteiger partial charge in [-0.05, 0) is 6.07 Å². The van der Waals surface area contributed by atoms with Crippen LogP contribution in [-0.4, -0.2) is 4.98 Å². The summed E-state index contributed by atoms with van der Waals surface area (Å²) < 4.78 is 12.3. The monoisotopic (exact) mass is 146 g/mol. The molecule has 0 aromatic carbocycles. The Bertz CT molecular complexity index is 206. The van der Waals surface area contributed by atoms with Crippen LogP contribution < -0.4 is 5.73 Å². The van der Waals surface area contributed by atoms with Gasteiger partial charge in [-0.25, -0.2) is 4.98 Å². The van der Waals surface area contributed by atoms with E-state index in [1.54, 1.807) is 0 Å². The molecule has 2 N–H and O–H groups in total. The van der Waals surface area contributed by atoms with E-state index in [2.05, 4.69) is 4.98 Å². The van der Waals surface area contributed by atoms with E-state index in [4.69, 9.17) is 17.3 Å². The largest absolute Gasteiger partial charge is 0.394 e. The van der Waals surface area contributed by atoms with Gasteiger partial charge in [0.25, 0.3) is 0 Å². The molecular formula is C5H4ClFN2. The lowest BCUT2D eigenvalue weighted by Gasteiger charge is -1.94. The Balaban J connectivity index is 3.25. The minimum atomic E-state index is -0.720. The number of hydrogen-bond donors (Lipinski definition) is 1. The lowest BCUT2D eigenvalue weighted by molar-refractivity contribution is 0.589. The third-order valence-corrected chi connectivity index (χ3v) is 1.22. The number of hydrogen-bond acceptors (Lipinski definition) is 2. The van der Waals surface area contributed by atoms with Gasteiger partial charge in [-0.3, -0.25) is 0 Å². The van der Waals surface area contributed by atoms with Gasteiger partial charge < -0.3 is 5.73 Å². The zero-order valence-electron chi connectivity index (χ0n) is 4.44. The number of nitrogen functional groups attached to an aromatic ring is 1. The smallest absolute Gasteiger partial charge is 0.237 e. The van der Waals surface area contributed by atoms with Crippen LogP contribution >= 0.6 is 11.6 Å². The van der Waals surface area contributed by atoms with Crippen molar-refractivity contribution in [2.75, 3.05) is 5.73 Å². The second-order valence-corrected chi connectivity index (χ2v) is 1.90. The van der Waals surface area contributed by atoms with Crippen LogP contribution in [0.2, 0.25) is 5.02 Å². The maximum absolute atomic E-state index is 12.3. The quantitative estimate of drug-likeness (QED) is 0.563. The van der Waals surface area contributed by atoms with Crippen LogP contribution in [0.3, 0.4) is 0 Å². The molecule has 1 heterocycles. The van der Waals surface area contributed by atoms with Crippen molar-refractivity contribution in [1.29, 1.82) is 0 Å².